The fourth-order valence-corrected chi connectivity index (χ4v) is 6.32. The molecule has 1 saturated heterocycles. The molecule has 1 saturated carbocycles. The minimum atomic E-state index is -3.79. The fourth-order valence-electron chi connectivity index (χ4n) is 5.23. The Morgan fingerprint density at radius 2 is 1.74 bits per heavy atom. The highest BCUT2D eigenvalue weighted by molar-refractivity contribution is 7.92. The van der Waals surface area contributed by atoms with Crippen molar-refractivity contribution < 1.29 is 13.2 Å². The summed E-state index contributed by atoms with van der Waals surface area (Å²) in [5.41, 5.74) is 3.06. The van der Waals surface area contributed by atoms with Gasteiger partial charge in [0.25, 0.3) is 15.9 Å². The van der Waals surface area contributed by atoms with E-state index < -0.39 is 10.0 Å². The van der Waals surface area contributed by atoms with Crippen LogP contribution in [0, 0.1) is 0 Å². The maximum absolute atomic E-state index is 13.2. The third kappa shape index (κ3) is 5.05. The Morgan fingerprint density at radius 3 is 2.50 bits per heavy atom. The highest BCUT2D eigenvalue weighted by Gasteiger charge is 2.25. The number of piperazine rings is 1. The molecule has 34 heavy (non-hydrogen) atoms. The van der Waals surface area contributed by atoms with Crippen LogP contribution in [-0.4, -0.2) is 51.5 Å². The standard InChI is InChI=1S/C25H33N5O3S/c31-25(28-20-7-3-4-8-20)23-16-21(17-27-24(23)30-13-11-26-12-14-30)29-34(32,33)22-10-9-18-5-1-2-6-19(18)15-22/h9-10,15-17,20,26,29H,1-8,11-14H2,(H,28,31). The molecule has 3 aliphatic rings. The number of rotatable bonds is 6. The molecule has 2 aliphatic carbocycles. The van der Waals surface area contributed by atoms with Crippen molar-refractivity contribution in [1.82, 2.24) is 15.6 Å². The smallest absolute Gasteiger partial charge is 0.261 e. The second kappa shape index (κ2) is 9.92. The number of pyridine rings is 1. The van der Waals surface area contributed by atoms with Gasteiger partial charge >= 0.3 is 0 Å². The molecule has 2 fully saturated rings. The number of carbonyl (C=O) groups excluding carboxylic acids is 1. The molecule has 2 aromatic rings. The van der Waals surface area contributed by atoms with Gasteiger partial charge < -0.3 is 15.5 Å². The Balaban J connectivity index is 1.42. The molecule has 1 aromatic heterocycles. The van der Waals surface area contributed by atoms with Crippen LogP contribution in [0.25, 0.3) is 0 Å². The SMILES string of the molecule is O=C(NC1CCCC1)c1cc(NS(=O)(=O)c2ccc3c(c2)CCCC3)cnc1N1CCNCC1. The number of anilines is 2. The molecule has 8 nitrogen and oxygen atoms in total. The van der Waals surface area contributed by atoms with Crippen molar-refractivity contribution in [2.75, 3.05) is 35.8 Å². The number of nitrogens with one attached hydrogen (secondary N) is 3. The number of aryl methyl sites for hydroxylation is 2. The van der Waals surface area contributed by atoms with Crippen LogP contribution < -0.4 is 20.3 Å². The quantitative estimate of drug-likeness (QED) is 0.584. The lowest BCUT2D eigenvalue weighted by molar-refractivity contribution is 0.0938. The number of aromatic nitrogens is 1. The van der Waals surface area contributed by atoms with Crippen LogP contribution in [0.4, 0.5) is 11.5 Å². The molecule has 0 spiro atoms. The molecule has 182 valence electrons. The van der Waals surface area contributed by atoms with Gasteiger partial charge in [-0.15, -0.1) is 0 Å². The predicted octanol–water partition coefficient (Wildman–Crippen LogP) is 2.84. The Labute approximate surface area is 201 Å². The van der Waals surface area contributed by atoms with E-state index in [-0.39, 0.29) is 16.8 Å². The first-order chi connectivity index (χ1) is 16.5. The predicted molar refractivity (Wildman–Crippen MR) is 133 cm³/mol. The lowest BCUT2D eigenvalue weighted by Crippen LogP contribution is -2.45. The van der Waals surface area contributed by atoms with Gasteiger partial charge in [0.05, 0.1) is 22.3 Å². The van der Waals surface area contributed by atoms with Crippen molar-refractivity contribution in [2.24, 2.45) is 0 Å². The van der Waals surface area contributed by atoms with Gasteiger partial charge in [-0.1, -0.05) is 18.9 Å². The van der Waals surface area contributed by atoms with Crippen LogP contribution in [-0.2, 0) is 22.9 Å². The van der Waals surface area contributed by atoms with E-state index in [1.807, 2.05) is 6.07 Å². The molecule has 0 unspecified atom stereocenters. The van der Waals surface area contributed by atoms with E-state index >= 15 is 0 Å². The Hall–Kier alpha value is -2.65. The van der Waals surface area contributed by atoms with Gasteiger partial charge in [0.2, 0.25) is 0 Å². The van der Waals surface area contributed by atoms with Crippen molar-refractivity contribution in [3.63, 3.8) is 0 Å². The van der Waals surface area contributed by atoms with E-state index in [2.05, 4.69) is 25.2 Å². The average Bonchev–Trinajstić information content (AvgIpc) is 3.37. The monoisotopic (exact) mass is 483 g/mol. The van der Waals surface area contributed by atoms with E-state index in [4.69, 9.17) is 0 Å². The lowest BCUT2D eigenvalue weighted by atomic mass is 9.92. The van der Waals surface area contributed by atoms with Crippen LogP contribution in [0.3, 0.4) is 0 Å². The fraction of sp³-hybridized carbons (Fsp3) is 0.520. The minimum absolute atomic E-state index is 0.166. The topological polar surface area (TPSA) is 103 Å². The normalized spacial score (nSPS) is 19.0. The van der Waals surface area contributed by atoms with Crippen molar-refractivity contribution in [3.05, 3.63) is 47.2 Å². The van der Waals surface area contributed by atoms with E-state index in [0.29, 0.717) is 17.1 Å². The van der Waals surface area contributed by atoms with Crippen LogP contribution in [0.15, 0.2) is 35.4 Å². The molecule has 1 aromatic carbocycles. The Kier molecular flexibility index (Phi) is 6.74. The summed E-state index contributed by atoms with van der Waals surface area (Å²) in [7, 11) is -3.79. The van der Waals surface area contributed by atoms with Gasteiger partial charge in [0, 0.05) is 32.2 Å². The molecule has 3 N–H and O–H groups in total. The number of hydrogen-bond acceptors (Lipinski definition) is 6. The third-order valence-corrected chi connectivity index (χ3v) is 8.48. The second-order valence-corrected chi connectivity index (χ2v) is 11.2. The first-order valence-corrected chi connectivity index (χ1v) is 13.9. The van der Waals surface area contributed by atoms with Crippen molar-refractivity contribution in [2.45, 2.75) is 62.3 Å². The van der Waals surface area contributed by atoms with E-state index in [1.54, 1.807) is 18.2 Å². The third-order valence-electron chi connectivity index (χ3n) is 7.10. The van der Waals surface area contributed by atoms with Crippen LogP contribution >= 0.6 is 0 Å². The molecule has 1 amide bonds. The molecule has 0 radical (unpaired) electrons. The zero-order chi connectivity index (χ0) is 23.5. The first kappa shape index (κ1) is 23.1. The maximum Gasteiger partial charge on any atom is 0.261 e. The summed E-state index contributed by atoms with van der Waals surface area (Å²) in [5.74, 6) is 0.413. The summed E-state index contributed by atoms with van der Waals surface area (Å²) >= 11 is 0. The lowest BCUT2D eigenvalue weighted by Gasteiger charge is -2.30. The zero-order valence-corrected chi connectivity index (χ0v) is 20.3. The highest BCUT2D eigenvalue weighted by Crippen LogP contribution is 2.27. The first-order valence-electron chi connectivity index (χ1n) is 12.4. The number of fused-ring (bicyclic) bond motifs is 1. The molecule has 5 rings (SSSR count). The molecular weight excluding hydrogens is 450 g/mol. The van der Waals surface area contributed by atoms with Gasteiger partial charge in [-0.2, -0.15) is 0 Å². The number of sulfonamides is 1. The molecule has 0 bridgehead atoms. The minimum Gasteiger partial charge on any atom is -0.353 e. The maximum atomic E-state index is 13.2. The van der Waals surface area contributed by atoms with E-state index in [9.17, 15) is 13.2 Å². The summed E-state index contributed by atoms with van der Waals surface area (Å²) < 4.78 is 29.0. The van der Waals surface area contributed by atoms with Gasteiger partial charge in [-0.05, 0) is 67.9 Å². The van der Waals surface area contributed by atoms with Gasteiger partial charge in [0.1, 0.15) is 5.82 Å². The van der Waals surface area contributed by atoms with Gasteiger partial charge in [0.15, 0.2) is 0 Å². The molecule has 1 aliphatic heterocycles. The highest BCUT2D eigenvalue weighted by atomic mass is 32.2. The largest absolute Gasteiger partial charge is 0.353 e. The number of carbonyl (C=O) groups is 1. The van der Waals surface area contributed by atoms with Gasteiger partial charge in [-0.25, -0.2) is 13.4 Å². The molecule has 9 heteroatoms. The second-order valence-electron chi connectivity index (χ2n) is 9.53. The van der Waals surface area contributed by atoms with Crippen molar-refractivity contribution in [1.29, 1.82) is 0 Å². The number of hydrogen-bond donors (Lipinski definition) is 3. The summed E-state index contributed by atoms with van der Waals surface area (Å²) in [6.07, 6.45) is 9.85. The van der Waals surface area contributed by atoms with Crippen molar-refractivity contribution >= 4 is 27.4 Å². The van der Waals surface area contributed by atoms with Gasteiger partial charge in [-0.3, -0.25) is 9.52 Å². The molecule has 2 heterocycles. The number of benzene rings is 1. The Bertz CT molecular complexity index is 1160. The van der Waals surface area contributed by atoms with Crippen LogP contribution in [0.5, 0.6) is 0 Å². The van der Waals surface area contributed by atoms with Crippen molar-refractivity contribution in [3.8, 4) is 0 Å². The van der Waals surface area contributed by atoms with Crippen LogP contribution in [0.2, 0.25) is 0 Å². The van der Waals surface area contributed by atoms with E-state index in [1.165, 1.54) is 11.8 Å². The zero-order valence-electron chi connectivity index (χ0n) is 19.5. The summed E-state index contributed by atoms with van der Waals surface area (Å²) in [5, 5.41) is 6.44. The summed E-state index contributed by atoms with van der Waals surface area (Å²) in [6, 6.07) is 7.18. The summed E-state index contributed by atoms with van der Waals surface area (Å²) in [4.78, 5) is 20.1. The number of nitrogens with zero attached hydrogens (tertiary/aromatic N) is 2. The molecular formula is C25H33N5O3S. The number of amides is 1. The molecule has 0 atom stereocenters. The van der Waals surface area contributed by atoms with E-state index in [0.717, 1.165) is 83.1 Å². The van der Waals surface area contributed by atoms with Crippen LogP contribution in [0.1, 0.15) is 60.0 Å². The summed E-state index contributed by atoms with van der Waals surface area (Å²) in [6.45, 7) is 3.13. The average molecular weight is 484 g/mol. The Morgan fingerprint density at radius 1 is 1.00 bits per heavy atom.